The van der Waals surface area contributed by atoms with Crippen LogP contribution in [0.5, 0.6) is 0 Å². The molecular weight excluding hydrogens is 228 g/mol. The Morgan fingerprint density at radius 1 is 1.28 bits per heavy atom. The van der Waals surface area contributed by atoms with Crippen molar-refractivity contribution in [2.75, 3.05) is 16.3 Å². The molecule has 1 heterocycles. The molecule has 0 saturated carbocycles. The number of anilines is 2. The summed E-state index contributed by atoms with van der Waals surface area (Å²) in [5, 5.41) is 0. The van der Waals surface area contributed by atoms with Crippen molar-refractivity contribution in [2.45, 2.75) is 33.2 Å². The lowest BCUT2D eigenvalue weighted by Crippen LogP contribution is -2.51. The summed E-state index contributed by atoms with van der Waals surface area (Å²) in [5.41, 5.74) is 1.66. The topological polar surface area (TPSA) is 40.6 Å². The quantitative estimate of drug-likeness (QED) is 0.762. The van der Waals surface area contributed by atoms with Gasteiger partial charge >= 0.3 is 0 Å². The van der Waals surface area contributed by atoms with Gasteiger partial charge in [-0.25, -0.2) is 0 Å². The molecule has 1 aromatic rings. The van der Waals surface area contributed by atoms with Gasteiger partial charge in [0.2, 0.25) is 11.8 Å². The minimum Gasteiger partial charge on any atom is -0.308 e. The first-order chi connectivity index (χ1) is 8.56. The molecule has 2 amide bonds. The maximum absolute atomic E-state index is 12.0. The number of nitrogens with zero attached hydrogens (tertiary/aromatic N) is 2. The number of benzene rings is 1. The van der Waals surface area contributed by atoms with Crippen LogP contribution in [0.25, 0.3) is 0 Å². The van der Waals surface area contributed by atoms with Crippen molar-refractivity contribution in [2.24, 2.45) is 0 Å². The third-order valence-corrected chi connectivity index (χ3v) is 3.26. The number of hydrogen-bond acceptors (Lipinski definition) is 2. The predicted molar refractivity (Wildman–Crippen MR) is 71.7 cm³/mol. The zero-order valence-corrected chi connectivity index (χ0v) is 11.0. The van der Waals surface area contributed by atoms with Crippen molar-refractivity contribution in [1.29, 1.82) is 0 Å². The third-order valence-electron chi connectivity index (χ3n) is 3.26. The van der Waals surface area contributed by atoms with Crippen molar-refractivity contribution in [1.82, 2.24) is 0 Å². The molecule has 1 atom stereocenters. The van der Waals surface area contributed by atoms with Gasteiger partial charge in [0.25, 0.3) is 0 Å². The number of carbonyl (C=O) groups excluding carboxylic acids is 2. The van der Waals surface area contributed by atoms with Crippen molar-refractivity contribution >= 4 is 23.2 Å². The maximum Gasteiger partial charge on any atom is 0.226 e. The van der Waals surface area contributed by atoms with Crippen molar-refractivity contribution < 1.29 is 9.59 Å². The van der Waals surface area contributed by atoms with Crippen molar-refractivity contribution in [3.05, 3.63) is 24.3 Å². The Hall–Kier alpha value is -1.84. The molecule has 1 aromatic carbocycles. The first-order valence-electron chi connectivity index (χ1n) is 6.25. The Bertz CT molecular complexity index is 484. The Balaban J connectivity index is 2.50. The first kappa shape index (κ1) is 12.6. The Kier molecular flexibility index (Phi) is 3.36. The van der Waals surface area contributed by atoms with Crippen molar-refractivity contribution in [3.8, 4) is 0 Å². The minimum absolute atomic E-state index is 0.00731. The SMILES string of the molecule is CCC(=O)N1CC(C)N(C(C)=O)c2ccccc21. The fraction of sp³-hybridized carbons (Fsp3) is 0.429. The second-order valence-corrected chi connectivity index (χ2v) is 4.58. The second kappa shape index (κ2) is 4.80. The number of hydrogen-bond donors (Lipinski definition) is 0. The fourth-order valence-electron chi connectivity index (χ4n) is 2.48. The van der Waals surface area contributed by atoms with E-state index in [0.717, 1.165) is 11.4 Å². The van der Waals surface area contributed by atoms with Crippen LogP contribution in [0, 0.1) is 0 Å². The average molecular weight is 246 g/mol. The van der Waals surface area contributed by atoms with E-state index in [2.05, 4.69) is 0 Å². The molecule has 0 fully saturated rings. The summed E-state index contributed by atoms with van der Waals surface area (Å²) in [4.78, 5) is 27.3. The molecule has 96 valence electrons. The largest absolute Gasteiger partial charge is 0.308 e. The molecule has 4 nitrogen and oxygen atoms in total. The van der Waals surface area contributed by atoms with Crippen molar-refractivity contribution in [3.63, 3.8) is 0 Å². The molecule has 18 heavy (non-hydrogen) atoms. The van der Waals surface area contributed by atoms with E-state index in [1.165, 1.54) is 0 Å². The van der Waals surface area contributed by atoms with Gasteiger partial charge in [0, 0.05) is 19.9 Å². The molecule has 1 aliphatic heterocycles. The smallest absolute Gasteiger partial charge is 0.226 e. The van der Waals surface area contributed by atoms with Crippen LogP contribution in [0.2, 0.25) is 0 Å². The highest BCUT2D eigenvalue weighted by Crippen LogP contribution is 2.35. The van der Waals surface area contributed by atoms with Gasteiger partial charge < -0.3 is 9.80 Å². The Morgan fingerprint density at radius 3 is 2.44 bits per heavy atom. The van der Waals surface area contributed by atoms with Crippen LogP contribution in [-0.2, 0) is 9.59 Å². The molecular formula is C14H18N2O2. The zero-order valence-electron chi connectivity index (χ0n) is 11.0. The van der Waals surface area contributed by atoms with E-state index >= 15 is 0 Å². The summed E-state index contributed by atoms with van der Waals surface area (Å²) in [7, 11) is 0. The highest BCUT2D eigenvalue weighted by atomic mass is 16.2. The molecule has 0 radical (unpaired) electrons. The monoisotopic (exact) mass is 246 g/mol. The van der Waals surface area contributed by atoms with Gasteiger partial charge in [-0.3, -0.25) is 9.59 Å². The number of rotatable bonds is 1. The van der Waals surface area contributed by atoms with Crippen LogP contribution in [-0.4, -0.2) is 24.4 Å². The summed E-state index contributed by atoms with van der Waals surface area (Å²) in [6.07, 6.45) is 0.473. The average Bonchev–Trinajstić information content (AvgIpc) is 2.36. The summed E-state index contributed by atoms with van der Waals surface area (Å²) in [5.74, 6) is 0.107. The van der Waals surface area contributed by atoms with Gasteiger partial charge in [0.05, 0.1) is 17.4 Å². The molecule has 1 aliphatic rings. The molecule has 1 unspecified atom stereocenters. The van der Waals surface area contributed by atoms with E-state index in [1.807, 2.05) is 38.1 Å². The molecule has 0 aliphatic carbocycles. The fourth-order valence-corrected chi connectivity index (χ4v) is 2.48. The summed E-state index contributed by atoms with van der Waals surface area (Å²) in [6, 6.07) is 7.57. The van der Waals surface area contributed by atoms with E-state index < -0.39 is 0 Å². The highest BCUT2D eigenvalue weighted by molar-refractivity contribution is 6.03. The standard InChI is InChI=1S/C14H18N2O2/c1-4-14(18)15-9-10(2)16(11(3)17)13-8-6-5-7-12(13)15/h5-8,10H,4,9H2,1-3H3. The highest BCUT2D eigenvalue weighted by Gasteiger charge is 2.32. The molecule has 4 heteroatoms. The van der Waals surface area contributed by atoms with Crippen LogP contribution in [0.4, 0.5) is 11.4 Å². The third kappa shape index (κ3) is 1.98. The van der Waals surface area contributed by atoms with Gasteiger partial charge in [-0.1, -0.05) is 19.1 Å². The number of carbonyl (C=O) groups is 2. The molecule has 0 saturated heterocycles. The van der Waals surface area contributed by atoms with E-state index in [-0.39, 0.29) is 17.9 Å². The summed E-state index contributed by atoms with van der Waals surface area (Å²) in [6.45, 7) is 5.94. The van der Waals surface area contributed by atoms with Crippen LogP contribution in [0.1, 0.15) is 27.2 Å². The van der Waals surface area contributed by atoms with E-state index in [4.69, 9.17) is 0 Å². The maximum atomic E-state index is 12.0. The van der Waals surface area contributed by atoms with Gasteiger partial charge in [-0.2, -0.15) is 0 Å². The summed E-state index contributed by atoms with van der Waals surface area (Å²) >= 11 is 0. The Morgan fingerprint density at radius 2 is 1.89 bits per heavy atom. The lowest BCUT2D eigenvalue weighted by molar-refractivity contribution is -0.119. The van der Waals surface area contributed by atoms with Crippen LogP contribution in [0.3, 0.4) is 0 Å². The number of fused-ring (bicyclic) bond motifs is 1. The normalized spacial score (nSPS) is 18.5. The second-order valence-electron chi connectivity index (χ2n) is 4.58. The summed E-state index contributed by atoms with van der Waals surface area (Å²) < 4.78 is 0. The van der Waals surface area contributed by atoms with Gasteiger partial charge in [-0.15, -0.1) is 0 Å². The number of amides is 2. The van der Waals surface area contributed by atoms with Gasteiger partial charge in [0.1, 0.15) is 0 Å². The molecule has 0 aromatic heterocycles. The number of para-hydroxylation sites is 2. The van der Waals surface area contributed by atoms with E-state index in [0.29, 0.717) is 13.0 Å². The molecule has 0 N–H and O–H groups in total. The van der Waals surface area contributed by atoms with Gasteiger partial charge in [-0.05, 0) is 19.1 Å². The van der Waals surface area contributed by atoms with Crippen LogP contribution >= 0.6 is 0 Å². The zero-order chi connectivity index (χ0) is 13.3. The van der Waals surface area contributed by atoms with E-state index in [1.54, 1.807) is 16.7 Å². The first-order valence-corrected chi connectivity index (χ1v) is 6.25. The van der Waals surface area contributed by atoms with Crippen LogP contribution in [0.15, 0.2) is 24.3 Å². The molecule has 0 spiro atoms. The molecule has 0 bridgehead atoms. The van der Waals surface area contributed by atoms with Crippen LogP contribution < -0.4 is 9.80 Å². The minimum atomic E-state index is 0.00731. The molecule has 2 rings (SSSR count). The lowest BCUT2D eigenvalue weighted by Gasteiger charge is -2.40. The van der Waals surface area contributed by atoms with Gasteiger partial charge in [0.15, 0.2) is 0 Å². The predicted octanol–water partition coefficient (Wildman–Crippen LogP) is 2.18. The lowest BCUT2D eigenvalue weighted by atomic mass is 10.1. The Labute approximate surface area is 107 Å². The van der Waals surface area contributed by atoms with E-state index in [9.17, 15) is 9.59 Å².